The van der Waals surface area contributed by atoms with Crippen molar-refractivity contribution in [1.82, 2.24) is 19.9 Å². The summed E-state index contributed by atoms with van der Waals surface area (Å²) in [6, 6.07) is 17.1. The fourth-order valence-corrected chi connectivity index (χ4v) is 3.67. The molecule has 0 radical (unpaired) electrons. The van der Waals surface area contributed by atoms with Crippen molar-refractivity contribution in [2.45, 2.75) is 13.0 Å². The molecule has 4 rings (SSSR count). The highest BCUT2D eigenvalue weighted by Gasteiger charge is 2.25. The topological polar surface area (TPSA) is 126 Å². The average molecular weight is 419 g/mol. The molecule has 0 spiro atoms. The van der Waals surface area contributed by atoms with Crippen LogP contribution < -0.4 is 21.7 Å². The normalized spacial score (nSPS) is 15.5. The number of nitrogens with one attached hydrogen (secondary N) is 1. The van der Waals surface area contributed by atoms with Gasteiger partial charge in [-0.2, -0.15) is 15.0 Å². The first-order valence-corrected chi connectivity index (χ1v) is 10.2. The van der Waals surface area contributed by atoms with Crippen molar-refractivity contribution in [3.63, 3.8) is 0 Å². The van der Waals surface area contributed by atoms with Gasteiger partial charge in [-0.15, -0.1) is 0 Å². The molecule has 1 atom stereocenters. The number of rotatable bonds is 6. The summed E-state index contributed by atoms with van der Waals surface area (Å²) in [5.74, 6) is 0.866. The van der Waals surface area contributed by atoms with Gasteiger partial charge in [0, 0.05) is 43.1 Å². The van der Waals surface area contributed by atoms with E-state index in [9.17, 15) is 4.79 Å². The molecule has 9 nitrogen and oxygen atoms in total. The third-order valence-corrected chi connectivity index (χ3v) is 5.45. The van der Waals surface area contributed by atoms with E-state index in [1.165, 1.54) is 0 Å². The number of benzene rings is 2. The Morgan fingerprint density at radius 1 is 0.968 bits per heavy atom. The molecule has 1 unspecified atom stereocenters. The highest BCUT2D eigenvalue weighted by atomic mass is 16.1. The Labute approximate surface area is 181 Å². The highest BCUT2D eigenvalue weighted by Crippen LogP contribution is 2.24. The second-order valence-corrected chi connectivity index (χ2v) is 7.48. The number of anilines is 4. The van der Waals surface area contributed by atoms with Crippen molar-refractivity contribution in [3.05, 3.63) is 66.0 Å². The summed E-state index contributed by atoms with van der Waals surface area (Å²) in [4.78, 5) is 29.1. The summed E-state index contributed by atoms with van der Waals surface area (Å²) in [5, 5.41) is 3.18. The number of nitrogens with zero attached hydrogens (tertiary/aromatic N) is 5. The van der Waals surface area contributed by atoms with Gasteiger partial charge in [-0.25, -0.2) is 0 Å². The Morgan fingerprint density at radius 3 is 2.29 bits per heavy atom. The number of hydrogen-bond acceptors (Lipinski definition) is 8. The van der Waals surface area contributed by atoms with Gasteiger partial charge in [-0.1, -0.05) is 18.2 Å². The molecule has 5 N–H and O–H groups in total. The zero-order valence-electron chi connectivity index (χ0n) is 17.4. The van der Waals surface area contributed by atoms with Crippen LogP contribution in [0.15, 0.2) is 54.6 Å². The molecule has 0 bridgehead atoms. The fourth-order valence-electron chi connectivity index (χ4n) is 3.67. The number of amides is 1. The largest absolute Gasteiger partial charge is 0.369 e. The number of para-hydroxylation sites is 1. The van der Waals surface area contributed by atoms with E-state index in [0.29, 0.717) is 17.3 Å². The maximum atomic E-state index is 11.3. The van der Waals surface area contributed by atoms with Gasteiger partial charge < -0.3 is 21.7 Å². The number of nitrogens with two attached hydrogens (primary N) is 2. The molecule has 1 amide bonds. The lowest BCUT2D eigenvalue weighted by molar-refractivity contribution is 0.100. The van der Waals surface area contributed by atoms with E-state index in [0.717, 1.165) is 37.6 Å². The van der Waals surface area contributed by atoms with Crippen LogP contribution in [-0.4, -0.2) is 51.9 Å². The van der Waals surface area contributed by atoms with E-state index in [1.54, 1.807) is 12.1 Å². The quantitative estimate of drug-likeness (QED) is 0.556. The van der Waals surface area contributed by atoms with Crippen LogP contribution in [0.5, 0.6) is 0 Å². The minimum absolute atomic E-state index is 0.000936. The Bertz CT molecular complexity index is 1030. The Hall–Kier alpha value is -3.72. The summed E-state index contributed by atoms with van der Waals surface area (Å²) < 4.78 is 0. The van der Waals surface area contributed by atoms with Crippen LogP contribution >= 0.6 is 0 Å². The first kappa shape index (κ1) is 20.5. The molecule has 1 aromatic heterocycles. The smallest absolute Gasteiger partial charge is 0.248 e. The van der Waals surface area contributed by atoms with Crippen LogP contribution in [-0.2, 0) is 0 Å². The molecular weight excluding hydrogens is 392 g/mol. The zero-order chi connectivity index (χ0) is 21.8. The standard InChI is InChI=1S/C22H26N8O/c1-15(20-26-21(24)28-22(27-20)25-17-5-3-2-4-6-17)29-11-13-30(14-12-29)18-9-7-16(8-10-18)19(23)31/h2-10,15H,11-14H2,1H3,(H2,23,31)(H3,24,25,26,27,28). The molecule has 31 heavy (non-hydrogen) atoms. The molecule has 0 saturated carbocycles. The third kappa shape index (κ3) is 4.89. The molecule has 9 heteroatoms. The molecule has 2 heterocycles. The monoisotopic (exact) mass is 418 g/mol. The summed E-state index contributed by atoms with van der Waals surface area (Å²) in [6.45, 7) is 5.50. The second-order valence-electron chi connectivity index (χ2n) is 7.48. The van der Waals surface area contributed by atoms with Crippen LogP contribution in [0.25, 0.3) is 0 Å². The van der Waals surface area contributed by atoms with Crippen molar-refractivity contribution in [2.75, 3.05) is 42.1 Å². The van der Waals surface area contributed by atoms with Gasteiger partial charge in [-0.05, 0) is 43.3 Å². The first-order valence-electron chi connectivity index (χ1n) is 10.2. The summed E-state index contributed by atoms with van der Waals surface area (Å²) in [7, 11) is 0. The number of carbonyl (C=O) groups excluding carboxylic acids is 1. The predicted octanol–water partition coefficient (Wildman–Crippen LogP) is 2.18. The van der Waals surface area contributed by atoms with E-state index >= 15 is 0 Å². The van der Waals surface area contributed by atoms with E-state index in [4.69, 9.17) is 11.5 Å². The lowest BCUT2D eigenvalue weighted by atomic mass is 10.1. The lowest BCUT2D eigenvalue weighted by Gasteiger charge is -2.38. The van der Waals surface area contributed by atoms with Gasteiger partial charge in [0.25, 0.3) is 0 Å². The Balaban J connectivity index is 1.41. The molecule has 1 saturated heterocycles. The fraction of sp³-hybridized carbons (Fsp3) is 0.273. The SMILES string of the molecule is CC(c1nc(N)nc(Nc2ccccc2)n1)N1CCN(c2ccc(C(N)=O)cc2)CC1. The van der Waals surface area contributed by atoms with Crippen LogP contribution in [0.2, 0.25) is 0 Å². The van der Waals surface area contributed by atoms with Crippen molar-refractivity contribution in [2.24, 2.45) is 5.73 Å². The van der Waals surface area contributed by atoms with E-state index in [1.807, 2.05) is 42.5 Å². The molecule has 1 aliphatic rings. The molecular formula is C22H26N8O. The van der Waals surface area contributed by atoms with Gasteiger partial charge in [0.1, 0.15) is 0 Å². The van der Waals surface area contributed by atoms with Crippen LogP contribution in [0.3, 0.4) is 0 Å². The molecule has 1 aliphatic heterocycles. The van der Waals surface area contributed by atoms with Gasteiger partial charge in [0.2, 0.25) is 17.8 Å². The van der Waals surface area contributed by atoms with Crippen LogP contribution in [0.4, 0.5) is 23.3 Å². The lowest BCUT2D eigenvalue weighted by Crippen LogP contribution is -2.47. The van der Waals surface area contributed by atoms with Gasteiger partial charge in [0.05, 0.1) is 6.04 Å². The first-order chi connectivity index (χ1) is 15.0. The van der Waals surface area contributed by atoms with Crippen LogP contribution in [0.1, 0.15) is 29.1 Å². The number of piperazine rings is 1. The predicted molar refractivity (Wildman–Crippen MR) is 121 cm³/mol. The van der Waals surface area contributed by atoms with Gasteiger partial charge in [-0.3, -0.25) is 9.69 Å². The van der Waals surface area contributed by atoms with Crippen molar-refractivity contribution < 1.29 is 4.79 Å². The van der Waals surface area contributed by atoms with Crippen molar-refractivity contribution >= 4 is 29.2 Å². The number of primary amides is 1. The minimum Gasteiger partial charge on any atom is -0.369 e. The van der Waals surface area contributed by atoms with Crippen molar-refractivity contribution in [3.8, 4) is 0 Å². The Kier molecular flexibility index (Phi) is 5.94. The second kappa shape index (κ2) is 8.97. The zero-order valence-corrected chi connectivity index (χ0v) is 17.4. The van der Waals surface area contributed by atoms with Crippen LogP contribution in [0, 0.1) is 0 Å². The maximum absolute atomic E-state index is 11.3. The number of hydrogen-bond donors (Lipinski definition) is 3. The van der Waals surface area contributed by atoms with E-state index in [-0.39, 0.29) is 12.0 Å². The Morgan fingerprint density at radius 2 is 1.65 bits per heavy atom. The summed E-state index contributed by atoms with van der Waals surface area (Å²) >= 11 is 0. The maximum Gasteiger partial charge on any atom is 0.248 e. The number of nitrogen functional groups attached to an aromatic ring is 1. The number of aromatic nitrogens is 3. The molecule has 1 fully saturated rings. The minimum atomic E-state index is -0.414. The summed E-state index contributed by atoms with van der Waals surface area (Å²) in [6.07, 6.45) is 0. The van der Waals surface area contributed by atoms with Gasteiger partial charge >= 0.3 is 0 Å². The van der Waals surface area contributed by atoms with Gasteiger partial charge in [0.15, 0.2) is 5.82 Å². The average Bonchev–Trinajstić information content (AvgIpc) is 2.79. The molecule has 160 valence electrons. The highest BCUT2D eigenvalue weighted by molar-refractivity contribution is 5.93. The van der Waals surface area contributed by atoms with E-state index in [2.05, 4.69) is 37.0 Å². The summed E-state index contributed by atoms with van der Waals surface area (Å²) in [5.41, 5.74) is 13.8. The number of carbonyl (C=O) groups is 1. The molecule has 2 aromatic carbocycles. The molecule has 0 aliphatic carbocycles. The van der Waals surface area contributed by atoms with Crippen molar-refractivity contribution in [1.29, 1.82) is 0 Å². The molecule has 3 aromatic rings. The van der Waals surface area contributed by atoms with E-state index < -0.39 is 5.91 Å². The third-order valence-electron chi connectivity index (χ3n) is 5.45.